The molecular weight excluding hydrogens is 228 g/mol. The fourth-order valence-electron chi connectivity index (χ4n) is 1.71. The van der Waals surface area contributed by atoms with Crippen molar-refractivity contribution in [3.8, 4) is 0 Å². The van der Waals surface area contributed by atoms with Gasteiger partial charge < -0.3 is 4.90 Å². The van der Waals surface area contributed by atoms with Crippen LogP contribution in [0.3, 0.4) is 0 Å². The lowest BCUT2D eigenvalue weighted by Gasteiger charge is -2.15. The molecule has 0 unspecified atom stereocenters. The molecule has 1 amide bonds. The van der Waals surface area contributed by atoms with E-state index in [4.69, 9.17) is 0 Å². The number of aromatic amines is 1. The van der Waals surface area contributed by atoms with Crippen LogP contribution in [0.2, 0.25) is 0 Å². The van der Waals surface area contributed by atoms with Gasteiger partial charge in [-0.05, 0) is 18.1 Å². The van der Waals surface area contributed by atoms with Crippen LogP contribution in [0.15, 0.2) is 36.9 Å². The van der Waals surface area contributed by atoms with Crippen LogP contribution in [0, 0.1) is 0 Å². The van der Waals surface area contributed by atoms with E-state index in [1.807, 2.05) is 12.1 Å². The number of nitrogens with zero attached hydrogens (tertiary/aromatic N) is 3. The van der Waals surface area contributed by atoms with Crippen molar-refractivity contribution >= 4 is 5.91 Å². The molecule has 5 nitrogen and oxygen atoms in total. The number of pyridine rings is 1. The fourth-order valence-corrected chi connectivity index (χ4v) is 1.71. The Bertz CT molecular complexity index is 481. The summed E-state index contributed by atoms with van der Waals surface area (Å²) in [5.41, 5.74) is 2.09. The van der Waals surface area contributed by atoms with Crippen molar-refractivity contribution in [1.29, 1.82) is 0 Å². The lowest BCUT2D eigenvalue weighted by molar-refractivity contribution is -0.130. The average molecular weight is 244 g/mol. The van der Waals surface area contributed by atoms with Gasteiger partial charge in [-0.1, -0.05) is 6.07 Å². The van der Waals surface area contributed by atoms with Gasteiger partial charge in [-0.3, -0.25) is 14.9 Å². The number of aromatic nitrogens is 3. The van der Waals surface area contributed by atoms with Gasteiger partial charge in [-0.2, -0.15) is 5.10 Å². The monoisotopic (exact) mass is 244 g/mol. The molecule has 0 bridgehead atoms. The van der Waals surface area contributed by atoms with Gasteiger partial charge in [-0.25, -0.2) is 0 Å². The topological polar surface area (TPSA) is 61.9 Å². The van der Waals surface area contributed by atoms with Gasteiger partial charge in [0.05, 0.1) is 6.20 Å². The highest BCUT2D eigenvalue weighted by atomic mass is 16.2. The highest BCUT2D eigenvalue weighted by Gasteiger charge is 2.09. The molecule has 94 valence electrons. The van der Waals surface area contributed by atoms with Crippen molar-refractivity contribution in [3.05, 3.63) is 48.0 Å². The number of hydrogen-bond donors (Lipinski definition) is 1. The highest BCUT2D eigenvalue weighted by molar-refractivity contribution is 5.76. The van der Waals surface area contributed by atoms with Crippen LogP contribution < -0.4 is 0 Å². The first kappa shape index (κ1) is 12.3. The maximum Gasteiger partial charge on any atom is 0.222 e. The van der Waals surface area contributed by atoms with E-state index >= 15 is 0 Å². The summed E-state index contributed by atoms with van der Waals surface area (Å²) in [4.78, 5) is 17.7. The van der Waals surface area contributed by atoms with Crippen molar-refractivity contribution in [2.45, 2.75) is 19.4 Å². The van der Waals surface area contributed by atoms with Crippen LogP contribution >= 0.6 is 0 Å². The third kappa shape index (κ3) is 3.41. The number of nitrogens with one attached hydrogen (secondary N) is 1. The summed E-state index contributed by atoms with van der Waals surface area (Å²) in [6.07, 6.45) is 8.28. The molecule has 1 N–H and O–H groups in total. The van der Waals surface area contributed by atoms with Gasteiger partial charge >= 0.3 is 0 Å². The van der Waals surface area contributed by atoms with Crippen LogP contribution in [0.1, 0.15) is 17.5 Å². The van der Waals surface area contributed by atoms with Crippen molar-refractivity contribution < 1.29 is 4.79 Å². The summed E-state index contributed by atoms with van der Waals surface area (Å²) < 4.78 is 0. The summed E-state index contributed by atoms with van der Waals surface area (Å²) in [6, 6.07) is 3.87. The van der Waals surface area contributed by atoms with E-state index in [-0.39, 0.29) is 5.91 Å². The van der Waals surface area contributed by atoms with Crippen molar-refractivity contribution in [2.24, 2.45) is 0 Å². The lowest BCUT2D eigenvalue weighted by Crippen LogP contribution is -2.26. The summed E-state index contributed by atoms with van der Waals surface area (Å²) in [5, 5.41) is 6.59. The zero-order valence-electron chi connectivity index (χ0n) is 10.3. The number of carbonyl (C=O) groups excluding carboxylic acids is 1. The Labute approximate surface area is 106 Å². The molecule has 0 fully saturated rings. The van der Waals surface area contributed by atoms with Gasteiger partial charge in [0, 0.05) is 44.2 Å². The maximum atomic E-state index is 11.9. The van der Waals surface area contributed by atoms with Crippen LogP contribution in [0.5, 0.6) is 0 Å². The number of rotatable bonds is 5. The SMILES string of the molecule is CN(Cc1cn[nH]c1)C(=O)CCc1cccnc1. The maximum absolute atomic E-state index is 11.9. The summed E-state index contributed by atoms with van der Waals surface area (Å²) in [7, 11) is 1.80. The molecule has 2 heterocycles. The summed E-state index contributed by atoms with van der Waals surface area (Å²) >= 11 is 0. The first-order valence-electron chi connectivity index (χ1n) is 5.86. The molecule has 0 aliphatic heterocycles. The second kappa shape index (κ2) is 5.95. The number of amides is 1. The van der Waals surface area contributed by atoms with Crippen molar-refractivity contribution in [3.63, 3.8) is 0 Å². The minimum Gasteiger partial charge on any atom is -0.341 e. The molecule has 18 heavy (non-hydrogen) atoms. The molecule has 2 aromatic heterocycles. The molecule has 0 aliphatic rings. The normalized spacial score (nSPS) is 10.3. The smallest absolute Gasteiger partial charge is 0.222 e. The Hall–Kier alpha value is -2.17. The summed E-state index contributed by atoms with van der Waals surface area (Å²) in [6.45, 7) is 0.586. The Morgan fingerprint density at radius 3 is 2.94 bits per heavy atom. The fraction of sp³-hybridized carbons (Fsp3) is 0.308. The number of aryl methyl sites for hydroxylation is 1. The minimum absolute atomic E-state index is 0.125. The average Bonchev–Trinajstić information content (AvgIpc) is 2.90. The van der Waals surface area contributed by atoms with Crippen molar-refractivity contribution in [2.75, 3.05) is 7.05 Å². The number of carbonyl (C=O) groups is 1. The third-order valence-electron chi connectivity index (χ3n) is 2.75. The number of hydrogen-bond acceptors (Lipinski definition) is 3. The molecule has 0 aliphatic carbocycles. The van der Waals surface area contributed by atoms with E-state index in [0.717, 1.165) is 17.5 Å². The van der Waals surface area contributed by atoms with E-state index in [1.165, 1.54) is 0 Å². The van der Waals surface area contributed by atoms with Crippen molar-refractivity contribution in [1.82, 2.24) is 20.1 Å². The van der Waals surface area contributed by atoms with Crippen LogP contribution in [0.25, 0.3) is 0 Å². The molecular formula is C13H16N4O. The largest absolute Gasteiger partial charge is 0.341 e. The third-order valence-corrected chi connectivity index (χ3v) is 2.75. The van der Waals surface area contributed by atoms with Gasteiger partial charge in [0.2, 0.25) is 5.91 Å². The standard InChI is InChI=1S/C13H16N4O/c1-17(10-12-8-15-16-9-12)13(18)5-4-11-3-2-6-14-7-11/h2-3,6-9H,4-5,10H2,1H3,(H,15,16). The highest BCUT2D eigenvalue weighted by Crippen LogP contribution is 2.05. The van der Waals surface area contributed by atoms with Crippen LogP contribution in [-0.2, 0) is 17.8 Å². The Morgan fingerprint density at radius 1 is 1.39 bits per heavy atom. The molecule has 0 saturated heterocycles. The predicted octanol–water partition coefficient (Wildman–Crippen LogP) is 1.40. The van der Waals surface area contributed by atoms with Crippen LogP contribution in [-0.4, -0.2) is 33.0 Å². The molecule has 0 saturated carbocycles. The predicted molar refractivity (Wildman–Crippen MR) is 67.6 cm³/mol. The van der Waals surface area contributed by atoms with E-state index in [2.05, 4.69) is 15.2 Å². The van der Waals surface area contributed by atoms with E-state index < -0.39 is 0 Å². The van der Waals surface area contributed by atoms with Gasteiger partial charge in [0.15, 0.2) is 0 Å². The van der Waals surface area contributed by atoms with Gasteiger partial charge in [0.1, 0.15) is 0 Å². The molecule has 2 rings (SSSR count). The Morgan fingerprint density at radius 2 is 2.28 bits per heavy atom. The molecule has 0 radical (unpaired) electrons. The zero-order chi connectivity index (χ0) is 12.8. The minimum atomic E-state index is 0.125. The molecule has 5 heteroatoms. The van der Waals surface area contributed by atoms with E-state index in [9.17, 15) is 4.79 Å². The Balaban J connectivity index is 1.81. The second-order valence-corrected chi connectivity index (χ2v) is 4.22. The molecule has 0 aromatic carbocycles. The summed E-state index contributed by atoms with van der Waals surface area (Å²) in [5.74, 6) is 0.125. The first-order chi connectivity index (χ1) is 8.75. The molecule has 2 aromatic rings. The van der Waals surface area contributed by atoms with E-state index in [0.29, 0.717) is 13.0 Å². The molecule has 0 spiro atoms. The second-order valence-electron chi connectivity index (χ2n) is 4.22. The van der Waals surface area contributed by atoms with Gasteiger partial charge in [0.25, 0.3) is 0 Å². The quantitative estimate of drug-likeness (QED) is 0.864. The van der Waals surface area contributed by atoms with Crippen LogP contribution in [0.4, 0.5) is 0 Å². The lowest BCUT2D eigenvalue weighted by atomic mass is 10.1. The van der Waals surface area contributed by atoms with E-state index in [1.54, 1.807) is 36.7 Å². The van der Waals surface area contributed by atoms with Gasteiger partial charge in [-0.15, -0.1) is 0 Å². The first-order valence-corrected chi connectivity index (χ1v) is 5.86. The molecule has 0 atom stereocenters. The Kier molecular flexibility index (Phi) is 4.06. The number of H-pyrrole nitrogens is 1. The zero-order valence-corrected chi connectivity index (χ0v) is 10.3.